The minimum Gasteiger partial charge on any atom is -0.507 e. The van der Waals surface area contributed by atoms with E-state index in [1.165, 1.54) is 24.3 Å². The zero-order valence-electron chi connectivity index (χ0n) is 10.5. The van der Waals surface area contributed by atoms with Gasteiger partial charge in [0.25, 0.3) is 5.91 Å². The van der Waals surface area contributed by atoms with E-state index in [4.69, 9.17) is 16.7 Å². The molecule has 2 rings (SSSR count). The van der Waals surface area contributed by atoms with Crippen LogP contribution in [0.5, 0.6) is 5.75 Å². The van der Waals surface area contributed by atoms with E-state index in [2.05, 4.69) is 5.32 Å². The lowest BCUT2D eigenvalue weighted by Gasteiger charge is -2.06. The van der Waals surface area contributed by atoms with Gasteiger partial charge in [-0.3, -0.25) is 4.79 Å². The second-order valence-electron chi connectivity index (χ2n) is 4.11. The van der Waals surface area contributed by atoms with Crippen LogP contribution in [-0.2, 0) is 16.6 Å². The van der Waals surface area contributed by atoms with Crippen LogP contribution in [-0.4, -0.2) is 19.4 Å². The Morgan fingerprint density at radius 3 is 2.62 bits per heavy atom. The normalized spacial score (nSPS) is 11.3. The van der Waals surface area contributed by atoms with Gasteiger partial charge in [0.05, 0.1) is 12.1 Å². The molecule has 21 heavy (non-hydrogen) atoms. The van der Waals surface area contributed by atoms with E-state index in [-0.39, 0.29) is 22.1 Å². The number of benzene rings is 1. The number of rotatable bonds is 4. The van der Waals surface area contributed by atoms with Gasteiger partial charge >= 0.3 is 0 Å². The van der Waals surface area contributed by atoms with Gasteiger partial charge in [-0.2, -0.15) is 0 Å². The van der Waals surface area contributed by atoms with E-state index >= 15 is 0 Å². The van der Waals surface area contributed by atoms with E-state index in [1.54, 1.807) is 6.07 Å². The Morgan fingerprint density at radius 1 is 1.33 bits per heavy atom. The molecule has 0 bridgehead atoms. The maximum atomic E-state index is 11.9. The largest absolute Gasteiger partial charge is 0.507 e. The molecule has 0 fully saturated rings. The lowest BCUT2D eigenvalue weighted by Crippen LogP contribution is -2.22. The highest BCUT2D eigenvalue weighted by molar-refractivity contribution is 7.91. The third-order valence-electron chi connectivity index (χ3n) is 2.54. The van der Waals surface area contributed by atoms with Crippen molar-refractivity contribution in [2.75, 3.05) is 0 Å². The van der Waals surface area contributed by atoms with E-state index in [0.29, 0.717) is 9.90 Å². The predicted molar refractivity (Wildman–Crippen MR) is 80.0 cm³/mol. The fraction of sp³-hybridized carbons (Fsp3) is 0.0833. The molecule has 1 aromatic carbocycles. The molecule has 0 saturated carbocycles. The van der Waals surface area contributed by atoms with Gasteiger partial charge in [0.1, 0.15) is 9.96 Å². The highest BCUT2D eigenvalue weighted by Crippen LogP contribution is 2.23. The number of thiophene rings is 1. The highest BCUT2D eigenvalue weighted by Gasteiger charge is 2.14. The maximum Gasteiger partial charge on any atom is 0.255 e. The first kappa shape index (κ1) is 15.8. The standard InChI is InChI=1S/C12H11ClN2O4S2/c13-7-1-3-9(10(16)5-7)12(17)15-6-8-2-4-11(20-8)21(14,18)19/h1-5,16H,6H2,(H,15,17)(H2,14,18,19). The van der Waals surface area contributed by atoms with Gasteiger partial charge < -0.3 is 10.4 Å². The molecule has 0 aliphatic rings. The van der Waals surface area contributed by atoms with Gasteiger partial charge in [-0.05, 0) is 30.3 Å². The predicted octanol–water partition coefficient (Wildman–Crippen LogP) is 1.68. The van der Waals surface area contributed by atoms with Crippen molar-refractivity contribution in [3.8, 4) is 5.75 Å². The van der Waals surface area contributed by atoms with Gasteiger partial charge in [-0.15, -0.1) is 11.3 Å². The topological polar surface area (TPSA) is 109 Å². The second kappa shape index (κ2) is 6.02. The van der Waals surface area contributed by atoms with E-state index in [0.717, 1.165) is 11.3 Å². The Balaban J connectivity index is 2.06. The smallest absolute Gasteiger partial charge is 0.255 e. The molecule has 0 atom stereocenters. The molecule has 112 valence electrons. The third-order valence-corrected chi connectivity index (χ3v) is 5.30. The molecule has 0 aliphatic carbocycles. The number of halogens is 1. The monoisotopic (exact) mass is 346 g/mol. The Morgan fingerprint density at radius 2 is 2.05 bits per heavy atom. The number of phenolic OH excluding ortho intramolecular Hbond substituents is 1. The van der Waals surface area contributed by atoms with E-state index < -0.39 is 15.9 Å². The second-order valence-corrected chi connectivity index (χ2v) is 7.50. The maximum absolute atomic E-state index is 11.9. The molecular weight excluding hydrogens is 336 g/mol. The molecule has 1 heterocycles. The van der Waals surface area contributed by atoms with Crippen LogP contribution >= 0.6 is 22.9 Å². The van der Waals surface area contributed by atoms with E-state index in [1.807, 2.05) is 0 Å². The summed E-state index contributed by atoms with van der Waals surface area (Å²) in [5.41, 5.74) is 0.0858. The molecule has 9 heteroatoms. The van der Waals surface area contributed by atoms with Crippen LogP contribution in [0.15, 0.2) is 34.5 Å². The summed E-state index contributed by atoms with van der Waals surface area (Å²) >= 11 is 6.65. The number of phenols is 1. The summed E-state index contributed by atoms with van der Waals surface area (Å²) in [4.78, 5) is 12.5. The molecule has 4 N–H and O–H groups in total. The summed E-state index contributed by atoms with van der Waals surface area (Å²) < 4.78 is 22.3. The summed E-state index contributed by atoms with van der Waals surface area (Å²) in [7, 11) is -3.73. The number of carbonyl (C=O) groups excluding carboxylic acids is 1. The van der Waals surface area contributed by atoms with Crippen molar-refractivity contribution < 1.29 is 18.3 Å². The minimum atomic E-state index is -3.73. The first-order chi connectivity index (χ1) is 9.77. The number of amides is 1. The first-order valence-corrected chi connectivity index (χ1v) is 8.39. The number of primary sulfonamides is 1. The van der Waals surface area contributed by atoms with Crippen molar-refractivity contribution in [1.82, 2.24) is 5.32 Å². The van der Waals surface area contributed by atoms with Gasteiger partial charge in [0.2, 0.25) is 10.0 Å². The van der Waals surface area contributed by atoms with Crippen LogP contribution in [0, 0.1) is 0 Å². The fourth-order valence-corrected chi connectivity index (χ4v) is 3.45. The lowest BCUT2D eigenvalue weighted by atomic mass is 10.2. The molecule has 0 aliphatic heterocycles. The molecule has 1 aromatic heterocycles. The van der Waals surface area contributed by atoms with Gasteiger partial charge in [0, 0.05) is 9.90 Å². The van der Waals surface area contributed by atoms with Crippen LogP contribution in [0.3, 0.4) is 0 Å². The zero-order chi connectivity index (χ0) is 15.6. The Kier molecular flexibility index (Phi) is 4.52. The van der Waals surface area contributed by atoms with Crippen molar-refractivity contribution >= 4 is 38.9 Å². The Labute approximate surface area is 130 Å². The zero-order valence-corrected chi connectivity index (χ0v) is 12.9. The average Bonchev–Trinajstić information content (AvgIpc) is 2.84. The summed E-state index contributed by atoms with van der Waals surface area (Å²) in [6.45, 7) is 0.126. The van der Waals surface area contributed by atoms with Crippen molar-refractivity contribution in [2.45, 2.75) is 10.8 Å². The number of sulfonamides is 1. The quantitative estimate of drug-likeness (QED) is 0.782. The van der Waals surface area contributed by atoms with Crippen LogP contribution < -0.4 is 10.5 Å². The summed E-state index contributed by atoms with van der Waals surface area (Å²) in [6.07, 6.45) is 0. The number of carbonyl (C=O) groups is 1. The van der Waals surface area contributed by atoms with Gasteiger partial charge in [-0.1, -0.05) is 11.6 Å². The molecule has 0 radical (unpaired) electrons. The number of nitrogens with one attached hydrogen (secondary N) is 1. The Bertz CT molecular complexity index is 786. The number of nitrogens with two attached hydrogens (primary N) is 1. The summed E-state index contributed by atoms with van der Waals surface area (Å²) in [5.74, 6) is -0.717. The van der Waals surface area contributed by atoms with Crippen LogP contribution in [0.25, 0.3) is 0 Å². The Hall–Kier alpha value is -1.61. The molecule has 1 amide bonds. The first-order valence-electron chi connectivity index (χ1n) is 5.65. The lowest BCUT2D eigenvalue weighted by molar-refractivity contribution is 0.0948. The number of aromatic hydroxyl groups is 1. The molecule has 2 aromatic rings. The van der Waals surface area contributed by atoms with Crippen LogP contribution in [0.1, 0.15) is 15.2 Å². The SMILES string of the molecule is NS(=O)(=O)c1ccc(CNC(=O)c2ccc(Cl)cc2O)s1. The van der Waals surface area contributed by atoms with Gasteiger partial charge in [-0.25, -0.2) is 13.6 Å². The molecular formula is C12H11ClN2O4S2. The molecule has 0 spiro atoms. The van der Waals surface area contributed by atoms with Crippen molar-refractivity contribution in [2.24, 2.45) is 5.14 Å². The minimum absolute atomic E-state index is 0.0288. The van der Waals surface area contributed by atoms with Crippen LogP contribution in [0.2, 0.25) is 5.02 Å². The number of hydrogen-bond acceptors (Lipinski definition) is 5. The third kappa shape index (κ3) is 3.94. The van der Waals surface area contributed by atoms with Crippen molar-refractivity contribution in [3.05, 3.63) is 45.8 Å². The van der Waals surface area contributed by atoms with Gasteiger partial charge in [0.15, 0.2) is 0 Å². The van der Waals surface area contributed by atoms with Crippen LogP contribution in [0.4, 0.5) is 0 Å². The average molecular weight is 347 g/mol. The number of hydrogen-bond donors (Lipinski definition) is 3. The summed E-state index contributed by atoms with van der Waals surface area (Å²) in [6, 6.07) is 7.09. The fourth-order valence-electron chi connectivity index (χ4n) is 1.57. The molecule has 0 unspecified atom stereocenters. The van der Waals surface area contributed by atoms with Crippen molar-refractivity contribution in [3.63, 3.8) is 0 Å². The van der Waals surface area contributed by atoms with E-state index in [9.17, 15) is 18.3 Å². The van der Waals surface area contributed by atoms with Crippen molar-refractivity contribution in [1.29, 1.82) is 0 Å². The molecule has 0 saturated heterocycles. The highest BCUT2D eigenvalue weighted by atomic mass is 35.5. The molecule has 6 nitrogen and oxygen atoms in total. The summed E-state index contributed by atoms with van der Waals surface area (Å²) in [5, 5.41) is 17.5.